The van der Waals surface area contributed by atoms with E-state index in [9.17, 15) is 4.39 Å². The van der Waals surface area contributed by atoms with Gasteiger partial charge in [-0.15, -0.1) is 0 Å². The van der Waals surface area contributed by atoms with Crippen molar-refractivity contribution in [1.82, 2.24) is 14.8 Å². The van der Waals surface area contributed by atoms with Crippen molar-refractivity contribution in [2.75, 3.05) is 0 Å². The molecule has 0 aromatic carbocycles. The van der Waals surface area contributed by atoms with Gasteiger partial charge in [-0.1, -0.05) is 0 Å². The molecule has 2 aromatic rings. The largest absolute Gasteiger partial charge is 0.266 e. The summed E-state index contributed by atoms with van der Waals surface area (Å²) in [6.45, 7) is 0. The maximum absolute atomic E-state index is 13.0. The first-order valence-corrected chi connectivity index (χ1v) is 4.11. The summed E-state index contributed by atoms with van der Waals surface area (Å²) in [5.74, 6) is -0.369. The SMILES string of the molecule is Cn1ncc2nc(Br)c(F)cc21. The van der Waals surface area contributed by atoms with Crippen molar-refractivity contribution in [2.45, 2.75) is 0 Å². The van der Waals surface area contributed by atoms with Crippen molar-refractivity contribution in [1.29, 1.82) is 0 Å². The van der Waals surface area contributed by atoms with Gasteiger partial charge in [0.1, 0.15) is 10.1 Å². The molecule has 0 saturated carbocycles. The van der Waals surface area contributed by atoms with Crippen molar-refractivity contribution >= 4 is 27.0 Å². The van der Waals surface area contributed by atoms with E-state index in [2.05, 4.69) is 26.0 Å². The first-order chi connectivity index (χ1) is 5.68. The number of hydrogen-bond acceptors (Lipinski definition) is 2. The van der Waals surface area contributed by atoms with Gasteiger partial charge in [0.25, 0.3) is 0 Å². The van der Waals surface area contributed by atoms with Crippen LogP contribution in [0.25, 0.3) is 11.0 Å². The lowest BCUT2D eigenvalue weighted by atomic mass is 10.4. The normalized spacial score (nSPS) is 10.9. The molecule has 0 N–H and O–H groups in total. The summed E-state index contributed by atoms with van der Waals surface area (Å²) in [6.07, 6.45) is 1.60. The van der Waals surface area contributed by atoms with Crippen molar-refractivity contribution in [3.63, 3.8) is 0 Å². The maximum Gasteiger partial charge on any atom is 0.158 e. The summed E-state index contributed by atoms with van der Waals surface area (Å²) in [6, 6.07) is 1.40. The van der Waals surface area contributed by atoms with Crippen LogP contribution in [0.4, 0.5) is 4.39 Å². The second-order valence-corrected chi connectivity index (χ2v) is 3.18. The van der Waals surface area contributed by atoms with Crippen LogP contribution in [-0.4, -0.2) is 14.8 Å². The van der Waals surface area contributed by atoms with Crippen LogP contribution in [0.1, 0.15) is 0 Å². The Labute approximate surface area is 76.3 Å². The summed E-state index contributed by atoms with van der Waals surface area (Å²) in [7, 11) is 1.75. The molecule has 0 fully saturated rings. The molecule has 0 unspecified atom stereocenters. The van der Waals surface area contributed by atoms with Crippen LogP contribution in [-0.2, 0) is 7.05 Å². The Morgan fingerprint density at radius 3 is 3.08 bits per heavy atom. The van der Waals surface area contributed by atoms with Crippen molar-refractivity contribution < 1.29 is 4.39 Å². The summed E-state index contributed by atoms with van der Waals surface area (Å²) >= 11 is 3.00. The van der Waals surface area contributed by atoms with Crippen LogP contribution < -0.4 is 0 Å². The highest BCUT2D eigenvalue weighted by atomic mass is 79.9. The number of aryl methyl sites for hydroxylation is 1. The molecule has 0 aliphatic carbocycles. The minimum Gasteiger partial charge on any atom is -0.266 e. The number of hydrogen-bond donors (Lipinski definition) is 0. The topological polar surface area (TPSA) is 30.7 Å². The summed E-state index contributed by atoms with van der Waals surface area (Å²) in [5.41, 5.74) is 1.38. The zero-order chi connectivity index (χ0) is 8.72. The Bertz CT molecular complexity index is 437. The number of aromatic nitrogens is 3. The minimum atomic E-state index is -0.369. The molecule has 2 rings (SSSR count). The molecule has 0 saturated heterocycles. The lowest BCUT2D eigenvalue weighted by Gasteiger charge is -1.95. The Balaban J connectivity index is 2.87. The lowest BCUT2D eigenvalue weighted by Crippen LogP contribution is -1.90. The highest BCUT2D eigenvalue weighted by Gasteiger charge is 2.06. The Kier molecular flexibility index (Phi) is 1.61. The van der Waals surface area contributed by atoms with E-state index in [4.69, 9.17) is 0 Å². The Morgan fingerprint density at radius 1 is 1.58 bits per heavy atom. The monoisotopic (exact) mass is 229 g/mol. The van der Waals surface area contributed by atoms with Gasteiger partial charge in [-0.05, 0) is 15.9 Å². The third-order valence-electron chi connectivity index (χ3n) is 1.64. The summed E-state index contributed by atoms with van der Waals surface area (Å²) in [5, 5.41) is 3.94. The molecular weight excluding hydrogens is 225 g/mol. The second-order valence-electron chi connectivity index (χ2n) is 2.43. The Morgan fingerprint density at radius 2 is 2.33 bits per heavy atom. The van der Waals surface area contributed by atoms with Gasteiger partial charge in [-0.3, -0.25) is 4.68 Å². The van der Waals surface area contributed by atoms with E-state index >= 15 is 0 Å². The Hall–Kier alpha value is -0.970. The molecule has 12 heavy (non-hydrogen) atoms. The van der Waals surface area contributed by atoms with Crippen LogP contribution in [0.3, 0.4) is 0 Å². The van der Waals surface area contributed by atoms with Gasteiger partial charge < -0.3 is 0 Å². The smallest absolute Gasteiger partial charge is 0.158 e. The molecule has 0 atom stereocenters. The summed E-state index contributed by atoms with van der Waals surface area (Å²) < 4.78 is 14.8. The zero-order valence-corrected chi connectivity index (χ0v) is 7.84. The average Bonchev–Trinajstić information content (AvgIpc) is 2.35. The van der Waals surface area contributed by atoms with E-state index in [0.717, 1.165) is 0 Å². The summed E-state index contributed by atoms with van der Waals surface area (Å²) in [4.78, 5) is 3.95. The number of rotatable bonds is 0. The van der Waals surface area contributed by atoms with E-state index in [-0.39, 0.29) is 10.4 Å². The first kappa shape index (κ1) is 7.67. The third kappa shape index (κ3) is 1.01. The van der Waals surface area contributed by atoms with Crippen molar-refractivity contribution in [3.05, 3.63) is 22.7 Å². The van der Waals surface area contributed by atoms with E-state index < -0.39 is 0 Å². The van der Waals surface area contributed by atoms with Gasteiger partial charge in [0.05, 0.1) is 11.7 Å². The maximum atomic E-state index is 13.0. The highest BCUT2D eigenvalue weighted by Crippen LogP contribution is 2.18. The van der Waals surface area contributed by atoms with Crippen LogP contribution in [0.15, 0.2) is 16.9 Å². The van der Waals surface area contributed by atoms with Crippen LogP contribution >= 0.6 is 15.9 Å². The van der Waals surface area contributed by atoms with Gasteiger partial charge >= 0.3 is 0 Å². The van der Waals surface area contributed by atoms with Gasteiger partial charge in [0, 0.05) is 13.1 Å². The molecular formula is C7H5BrFN3. The van der Waals surface area contributed by atoms with Gasteiger partial charge in [-0.25, -0.2) is 9.37 Å². The highest BCUT2D eigenvalue weighted by molar-refractivity contribution is 9.10. The zero-order valence-electron chi connectivity index (χ0n) is 6.25. The standard InChI is InChI=1S/C7H5BrFN3/c1-12-6-2-4(9)7(8)11-5(6)3-10-12/h2-3H,1H3. The van der Waals surface area contributed by atoms with E-state index in [1.165, 1.54) is 6.07 Å². The molecule has 0 spiro atoms. The molecule has 2 aromatic heterocycles. The average molecular weight is 230 g/mol. The van der Waals surface area contributed by atoms with Crippen molar-refractivity contribution in [2.24, 2.45) is 7.05 Å². The molecule has 62 valence electrons. The number of halogens is 2. The molecule has 0 bridgehead atoms. The fraction of sp³-hybridized carbons (Fsp3) is 0.143. The predicted octanol–water partition coefficient (Wildman–Crippen LogP) is 1.87. The number of fused-ring (bicyclic) bond motifs is 1. The van der Waals surface area contributed by atoms with Crippen molar-refractivity contribution in [3.8, 4) is 0 Å². The van der Waals surface area contributed by atoms with Gasteiger partial charge in [-0.2, -0.15) is 5.10 Å². The van der Waals surface area contributed by atoms with E-state index in [1.54, 1.807) is 17.9 Å². The molecule has 0 aliphatic heterocycles. The number of pyridine rings is 1. The molecule has 2 heterocycles. The van der Waals surface area contributed by atoms with Gasteiger partial charge in [0.15, 0.2) is 5.82 Å². The van der Waals surface area contributed by atoms with Crippen LogP contribution in [0.2, 0.25) is 0 Å². The molecule has 0 amide bonds. The van der Waals surface area contributed by atoms with E-state index in [0.29, 0.717) is 11.0 Å². The van der Waals surface area contributed by atoms with Crippen LogP contribution in [0, 0.1) is 5.82 Å². The molecule has 0 radical (unpaired) electrons. The van der Waals surface area contributed by atoms with Crippen LogP contribution in [0.5, 0.6) is 0 Å². The lowest BCUT2D eigenvalue weighted by molar-refractivity contribution is 0.614. The predicted molar refractivity (Wildman–Crippen MR) is 46.2 cm³/mol. The molecule has 3 nitrogen and oxygen atoms in total. The fourth-order valence-corrected chi connectivity index (χ4v) is 1.33. The third-order valence-corrected chi connectivity index (χ3v) is 2.20. The second kappa shape index (κ2) is 2.52. The quantitative estimate of drug-likeness (QED) is 0.647. The number of nitrogens with zero attached hydrogens (tertiary/aromatic N) is 3. The minimum absolute atomic E-state index is 0.225. The van der Waals surface area contributed by atoms with Gasteiger partial charge in [0.2, 0.25) is 0 Å². The molecule has 0 aliphatic rings. The molecule has 5 heteroatoms. The fourth-order valence-electron chi connectivity index (χ4n) is 1.03. The van der Waals surface area contributed by atoms with E-state index in [1.807, 2.05) is 0 Å². The first-order valence-electron chi connectivity index (χ1n) is 3.32.